The average molecular weight is 205 g/mol. The van der Waals surface area contributed by atoms with Crippen LogP contribution in [0.3, 0.4) is 0 Å². The first-order chi connectivity index (χ1) is 7.15. The van der Waals surface area contributed by atoms with Crippen molar-refractivity contribution in [2.45, 2.75) is 39.7 Å². The molecule has 0 radical (unpaired) electrons. The molecule has 0 saturated heterocycles. The van der Waals surface area contributed by atoms with Gasteiger partial charge in [0.15, 0.2) is 0 Å². The van der Waals surface area contributed by atoms with Gasteiger partial charge in [0.1, 0.15) is 11.5 Å². The fourth-order valence-corrected chi connectivity index (χ4v) is 1.70. The lowest BCUT2D eigenvalue weighted by Gasteiger charge is -2.12. The topological polar surface area (TPSA) is 25.2 Å². The van der Waals surface area contributed by atoms with Crippen molar-refractivity contribution >= 4 is 0 Å². The number of terminal acetylenes is 1. The van der Waals surface area contributed by atoms with Crippen LogP contribution in [0.1, 0.15) is 42.9 Å². The number of unbranched alkanes of at least 4 members (excludes halogenated alkanes) is 1. The minimum atomic E-state index is 0.334. The van der Waals surface area contributed by atoms with Crippen LogP contribution in [0.4, 0.5) is 0 Å². The largest absolute Gasteiger partial charge is 0.466 e. The molecule has 0 aromatic carbocycles. The van der Waals surface area contributed by atoms with Crippen LogP contribution in [-0.4, -0.2) is 6.54 Å². The van der Waals surface area contributed by atoms with Crippen LogP contribution >= 0.6 is 0 Å². The molecule has 1 heterocycles. The van der Waals surface area contributed by atoms with Crippen molar-refractivity contribution in [3.63, 3.8) is 0 Å². The van der Waals surface area contributed by atoms with Gasteiger partial charge in [-0.25, -0.2) is 0 Å². The number of furan rings is 1. The minimum Gasteiger partial charge on any atom is -0.466 e. The first-order valence-corrected chi connectivity index (χ1v) is 5.39. The third-order valence-corrected chi connectivity index (χ3v) is 2.49. The molecule has 0 aliphatic heterocycles. The van der Waals surface area contributed by atoms with Gasteiger partial charge in [-0.05, 0) is 39.8 Å². The quantitative estimate of drug-likeness (QED) is 0.590. The van der Waals surface area contributed by atoms with Crippen molar-refractivity contribution in [1.82, 2.24) is 5.32 Å². The maximum atomic E-state index is 5.49. The number of hydrogen-bond acceptors (Lipinski definition) is 2. The molecule has 1 aromatic heterocycles. The molecule has 82 valence electrons. The number of rotatable bonds is 5. The fraction of sp³-hybridized carbons (Fsp3) is 0.538. The third kappa shape index (κ3) is 3.45. The fourth-order valence-electron chi connectivity index (χ4n) is 1.70. The van der Waals surface area contributed by atoms with Gasteiger partial charge in [0.2, 0.25) is 0 Å². The van der Waals surface area contributed by atoms with Crippen molar-refractivity contribution in [1.29, 1.82) is 0 Å². The summed E-state index contributed by atoms with van der Waals surface area (Å²) in [5, 5.41) is 3.43. The second-order valence-corrected chi connectivity index (χ2v) is 3.85. The molecule has 2 heteroatoms. The van der Waals surface area contributed by atoms with Crippen molar-refractivity contribution in [3.05, 3.63) is 23.2 Å². The first-order valence-electron chi connectivity index (χ1n) is 5.39. The van der Waals surface area contributed by atoms with E-state index in [1.807, 2.05) is 13.8 Å². The van der Waals surface area contributed by atoms with E-state index in [0.29, 0.717) is 6.04 Å². The van der Waals surface area contributed by atoms with E-state index in [1.165, 1.54) is 5.56 Å². The molecule has 0 bridgehead atoms. The monoisotopic (exact) mass is 205 g/mol. The highest BCUT2D eigenvalue weighted by molar-refractivity contribution is 5.23. The normalized spacial score (nSPS) is 12.4. The molecular weight excluding hydrogens is 186 g/mol. The summed E-state index contributed by atoms with van der Waals surface area (Å²) in [5.41, 5.74) is 1.24. The second kappa shape index (κ2) is 5.63. The van der Waals surface area contributed by atoms with Crippen LogP contribution in [-0.2, 0) is 0 Å². The SMILES string of the molecule is C#CCCCNC(C)c1cc(C)oc1C. The van der Waals surface area contributed by atoms with Crippen LogP contribution in [0.5, 0.6) is 0 Å². The summed E-state index contributed by atoms with van der Waals surface area (Å²) >= 11 is 0. The summed E-state index contributed by atoms with van der Waals surface area (Å²) in [6, 6.07) is 2.42. The maximum absolute atomic E-state index is 5.49. The zero-order valence-electron chi connectivity index (χ0n) is 9.76. The summed E-state index contributed by atoms with van der Waals surface area (Å²) in [6.45, 7) is 7.08. The molecule has 1 rings (SSSR count). The summed E-state index contributed by atoms with van der Waals surface area (Å²) in [6.07, 6.45) is 7.05. The Kier molecular flexibility index (Phi) is 4.45. The van der Waals surface area contributed by atoms with Crippen molar-refractivity contribution < 1.29 is 4.42 Å². The Hall–Kier alpha value is -1.20. The molecule has 0 amide bonds. The summed E-state index contributed by atoms with van der Waals surface area (Å²) in [7, 11) is 0. The van der Waals surface area contributed by atoms with E-state index in [1.54, 1.807) is 0 Å². The highest BCUT2D eigenvalue weighted by Crippen LogP contribution is 2.20. The Morgan fingerprint density at radius 2 is 2.27 bits per heavy atom. The van der Waals surface area contributed by atoms with E-state index >= 15 is 0 Å². The van der Waals surface area contributed by atoms with E-state index in [2.05, 4.69) is 24.2 Å². The Balaban J connectivity index is 2.43. The molecule has 0 aliphatic rings. The second-order valence-electron chi connectivity index (χ2n) is 3.85. The standard InChI is InChI=1S/C13H19NO/c1-5-6-7-8-14-11(3)13-9-10(2)15-12(13)4/h1,9,11,14H,6-8H2,2-4H3. The lowest BCUT2D eigenvalue weighted by atomic mass is 10.1. The summed E-state index contributed by atoms with van der Waals surface area (Å²) < 4.78 is 5.49. The Bertz CT molecular complexity index is 346. The zero-order valence-corrected chi connectivity index (χ0v) is 9.76. The molecule has 1 aromatic rings. The van der Waals surface area contributed by atoms with Gasteiger partial charge in [0.05, 0.1) is 0 Å². The van der Waals surface area contributed by atoms with Gasteiger partial charge in [0.25, 0.3) is 0 Å². The minimum absolute atomic E-state index is 0.334. The molecule has 0 spiro atoms. The van der Waals surface area contributed by atoms with Crippen molar-refractivity contribution in [2.24, 2.45) is 0 Å². The van der Waals surface area contributed by atoms with E-state index in [9.17, 15) is 0 Å². The number of hydrogen-bond donors (Lipinski definition) is 1. The third-order valence-electron chi connectivity index (χ3n) is 2.49. The molecule has 1 atom stereocenters. The molecule has 1 unspecified atom stereocenters. The van der Waals surface area contributed by atoms with Gasteiger partial charge in [-0.2, -0.15) is 0 Å². The van der Waals surface area contributed by atoms with Crippen LogP contribution in [0.2, 0.25) is 0 Å². The lowest BCUT2D eigenvalue weighted by molar-refractivity contribution is 0.489. The van der Waals surface area contributed by atoms with Gasteiger partial charge in [-0.3, -0.25) is 0 Å². The smallest absolute Gasteiger partial charge is 0.105 e. The Labute approximate surface area is 92.1 Å². The van der Waals surface area contributed by atoms with E-state index in [0.717, 1.165) is 30.9 Å². The van der Waals surface area contributed by atoms with Gasteiger partial charge in [-0.1, -0.05) is 0 Å². The molecule has 2 nitrogen and oxygen atoms in total. The molecular formula is C13H19NO. The van der Waals surface area contributed by atoms with E-state index in [-0.39, 0.29) is 0 Å². The number of nitrogens with one attached hydrogen (secondary N) is 1. The van der Waals surface area contributed by atoms with E-state index in [4.69, 9.17) is 10.8 Å². The maximum Gasteiger partial charge on any atom is 0.105 e. The average Bonchev–Trinajstić information content (AvgIpc) is 2.52. The van der Waals surface area contributed by atoms with E-state index < -0.39 is 0 Å². The van der Waals surface area contributed by atoms with Gasteiger partial charge < -0.3 is 9.73 Å². The molecule has 0 saturated carbocycles. The zero-order chi connectivity index (χ0) is 11.3. The van der Waals surface area contributed by atoms with Crippen LogP contribution in [0.25, 0.3) is 0 Å². The predicted molar refractivity (Wildman–Crippen MR) is 62.7 cm³/mol. The molecule has 15 heavy (non-hydrogen) atoms. The van der Waals surface area contributed by atoms with Crippen LogP contribution in [0.15, 0.2) is 10.5 Å². The first kappa shape index (κ1) is 11.9. The highest BCUT2D eigenvalue weighted by atomic mass is 16.3. The van der Waals surface area contributed by atoms with Gasteiger partial charge >= 0.3 is 0 Å². The molecule has 0 aliphatic carbocycles. The van der Waals surface area contributed by atoms with Gasteiger partial charge in [-0.15, -0.1) is 12.3 Å². The lowest BCUT2D eigenvalue weighted by Crippen LogP contribution is -2.19. The summed E-state index contributed by atoms with van der Waals surface area (Å²) in [5.74, 6) is 4.61. The summed E-state index contributed by atoms with van der Waals surface area (Å²) in [4.78, 5) is 0. The molecule has 0 fully saturated rings. The Morgan fingerprint density at radius 1 is 1.53 bits per heavy atom. The number of aryl methyl sites for hydroxylation is 2. The highest BCUT2D eigenvalue weighted by Gasteiger charge is 2.11. The molecule has 1 N–H and O–H groups in total. The van der Waals surface area contributed by atoms with Crippen LogP contribution in [0, 0.1) is 26.2 Å². The predicted octanol–water partition coefficient (Wildman–Crippen LogP) is 2.96. The Morgan fingerprint density at radius 3 is 2.80 bits per heavy atom. The van der Waals surface area contributed by atoms with Crippen LogP contribution < -0.4 is 5.32 Å². The van der Waals surface area contributed by atoms with Crippen molar-refractivity contribution in [2.75, 3.05) is 6.54 Å². The van der Waals surface area contributed by atoms with Gasteiger partial charge in [0, 0.05) is 18.0 Å². The van der Waals surface area contributed by atoms with Crippen molar-refractivity contribution in [3.8, 4) is 12.3 Å².